The predicted molar refractivity (Wildman–Crippen MR) is 114 cm³/mol. The number of hydrogen-bond donors (Lipinski definition) is 3. The number of nitrogens with zero attached hydrogens (tertiary/aromatic N) is 2. The number of ether oxygens (including phenoxy) is 1. The lowest BCUT2D eigenvalue weighted by molar-refractivity contribution is -0.274. The van der Waals surface area contributed by atoms with Crippen molar-refractivity contribution in [2.45, 2.75) is 32.7 Å². The molecule has 1 atom stereocenters. The van der Waals surface area contributed by atoms with Gasteiger partial charge in [-0.15, -0.1) is 13.2 Å². The highest BCUT2D eigenvalue weighted by Crippen LogP contribution is 2.32. The third-order valence-electron chi connectivity index (χ3n) is 4.30. The molecule has 0 aliphatic heterocycles. The van der Waals surface area contributed by atoms with Gasteiger partial charge in [-0.3, -0.25) is 0 Å². The van der Waals surface area contributed by atoms with Gasteiger partial charge in [0.25, 0.3) is 0 Å². The summed E-state index contributed by atoms with van der Waals surface area (Å²) in [5.41, 5.74) is 1.08. The molecule has 0 unspecified atom stereocenters. The summed E-state index contributed by atoms with van der Waals surface area (Å²) in [5.74, 6) is 0.192. The Labute approximate surface area is 182 Å². The second-order valence-electron chi connectivity index (χ2n) is 6.78. The Morgan fingerprint density at radius 2 is 1.90 bits per heavy atom. The minimum Gasteiger partial charge on any atom is -0.506 e. The quantitative estimate of drug-likeness (QED) is 0.362. The maximum Gasteiger partial charge on any atom is 0.573 e. The van der Waals surface area contributed by atoms with Crippen LogP contribution >= 0.6 is 11.6 Å². The van der Waals surface area contributed by atoms with Crippen molar-refractivity contribution in [1.29, 1.82) is 0 Å². The molecule has 0 fully saturated rings. The van der Waals surface area contributed by atoms with E-state index in [2.05, 4.69) is 25.3 Å². The second-order valence-corrected chi connectivity index (χ2v) is 7.21. The van der Waals surface area contributed by atoms with Crippen molar-refractivity contribution < 1.29 is 23.0 Å². The molecule has 164 valence electrons. The number of aromatic nitrogens is 2. The minimum absolute atomic E-state index is 0.0402. The first kappa shape index (κ1) is 22.5. The molecule has 31 heavy (non-hydrogen) atoms. The number of phenols is 1. The molecule has 0 aliphatic rings. The van der Waals surface area contributed by atoms with Gasteiger partial charge in [-0.05, 0) is 43.7 Å². The van der Waals surface area contributed by atoms with Crippen LogP contribution < -0.4 is 15.4 Å². The van der Waals surface area contributed by atoms with Crippen molar-refractivity contribution in [1.82, 2.24) is 9.97 Å². The smallest absolute Gasteiger partial charge is 0.506 e. The highest BCUT2D eigenvalue weighted by molar-refractivity contribution is 6.31. The van der Waals surface area contributed by atoms with Gasteiger partial charge in [0.15, 0.2) is 0 Å². The van der Waals surface area contributed by atoms with Crippen LogP contribution in [0.15, 0.2) is 48.5 Å². The number of benzene rings is 2. The fraction of sp³-hybridized carbons (Fsp3) is 0.238. The molecule has 3 rings (SSSR count). The molecule has 1 heterocycles. The molecular formula is C21H20ClF3N4O2. The van der Waals surface area contributed by atoms with E-state index >= 15 is 0 Å². The molecule has 0 radical (unpaired) electrons. The number of nitrogens with one attached hydrogen (secondary N) is 2. The van der Waals surface area contributed by atoms with Crippen LogP contribution in [0, 0.1) is 0 Å². The highest BCUT2D eigenvalue weighted by atomic mass is 35.5. The Kier molecular flexibility index (Phi) is 6.74. The summed E-state index contributed by atoms with van der Waals surface area (Å²) in [6.07, 6.45) is -4.00. The first-order valence-electron chi connectivity index (χ1n) is 9.40. The molecule has 2 aromatic carbocycles. The lowest BCUT2D eigenvalue weighted by Crippen LogP contribution is -2.17. The van der Waals surface area contributed by atoms with Crippen molar-refractivity contribution in [3.05, 3.63) is 53.6 Å². The van der Waals surface area contributed by atoms with Crippen LogP contribution in [0.3, 0.4) is 0 Å². The van der Waals surface area contributed by atoms with Crippen molar-refractivity contribution in [2.24, 2.45) is 0 Å². The Bertz CT molecular complexity index is 1060. The number of aromatic hydroxyl groups is 1. The largest absolute Gasteiger partial charge is 0.573 e. The van der Waals surface area contributed by atoms with E-state index in [1.54, 1.807) is 12.1 Å². The molecule has 3 aromatic rings. The van der Waals surface area contributed by atoms with E-state index in [4.69, 9.17) is 11.6 Å². The molecule has 6 nitrogen and oxygen atoms in total. The van der Waals surface area contributed by atoms with Crippen LogP contribution in [0.25, 0.3) is 11.3 Å². The van der Waals surface area contributed by atoms with Crippen LogP contribution in [-0.4, -0.2) is 27.5 Å². The molecule has 1 aromatic heterocycles. The van der Waals surface area contributed by atoms with Gasteiger partial charge < -0.3 is 20.5 Å². The third-order valence-corrected chi connectivity index (χ3v) is 4.53. The summed E-state index contributed by atoms with van der Waals surface area (Å²) < 4.78 is 41.8. The van der Waals surface area contributed by atoms with Crippen molar-refractivity contribution in [3.63, 3.8) is 0 Å². The van der Waals surface area contributed by atoms with Crippen LogP contribution in [0.2, 0.25) is 5.02 Å². The maximum atomic E-state index is 12.6. The summed E-state index contributed by atoms with van der Waals surface area (Å²) in [6, 6.07) is 11.6. The fourth-order valence-electron chi connectivity index (χ4n) is 2.65. The lowest BCUT2D eigenvalue weighted by atomic mass is 10.1. The van der Waals surface area contributed by atoms with Crippen molar-refractivity contribution >= 4 is 29.1 Å². The monoisotopic (exact) mass is 452 g/mol. The molecule has 0 saturated carbocycles. The molecule has 0 aliphatic carbocycles. The van der Waals surface area contributed by atoms with Gasteiger partial charge in [0.05, 0.1) is 11.4 Å². The van der Waals surface area contributed by atoms with Gasteiger partial charge in [0.1, 0.15) is 17.3 Å². The average molecular weight is 453 g/mol. The summed E-state index contributed by atoms with van der Waals surface area (Å²) in [4.78, 5) is 8.82. The standard InChI is InChI=1S/C21H20ClF3N4O2/c1-3-12(2)26-20-28-16(13-5-4-6-15(9-13)31-21(23,24)25)11-19(29-20)27-17-10-14(22)7-8-18(17)30/h4-12,30H,3H2,1-2H3,(H2,26,27,28,29)/t12-/m1/s1. The molecule has 10 heteroatoms. The summed E-state index contributed by atoms with van der Waals surface area (Å²) in [5, 5.41) is 16.6. The van der Waals surface area contributed by atoms with Gasteiger partial charge in [-0.25, -0.2) is 4.98 Å². The van der Waals surface area contributed by atoms with E-state index < -0.39 is 6.36 Å². The van der Waals surface area contributed by atoms with E-state index in [1.165, 1.54) is 36.4 Å². The Balaban J connectivity index is 2.01. The Morgan fingerprint density at radius 1 is 1.13 bits per heavy atom. The fourth-order valence-corrected chi connectivity index (χ4v) is 2.82. The molecule has 0 bridgehead atoms. The van der Waals surface area contributed by atoms with E-state index in [1.807, 2.05) is 13.8 Å². The topological polar surface area (TPSA) is 79.3 Å². The van der Waals surface area contributed by atoms with E-state index in [9.17, 15) is 18.3 Å². The Hall–Kier alpha value is -3.20. The maximum absolute atomic E-state index is 12.6. The molecule has 3 N–H and O–H groups in total. The second kappa shape index (κ2) is 9.30. The van der Waals surface area contributed by atoms with Crippen molar-refractivity contribution in [2.75, 3.05) is 10.6 Å². The van der Waals surface area contributed by atoms with E-state index in [0.717, 1.165) is 6.42 Å². The lowest BCUT2D eigenvalue weighted by Gasteiger charge is -2.15. The highest BCUT2D eigenvalue weighted by Gasteiger charge is 2.31. The number of hydrogen-bond acceptors (Lipinski definition) is 6. The zero-order valence-electron chi connectivity index (χ0n) is 16.7. The average Bonchev–Trinajstić information content (AvgIpc) is 2.69. The number of phenolic OH excluding ortho intramolecular Hbond substituents is 1. The number of rotatable bonds is 7. The first-order valence-corrected chi connectivity index (χ1v) is 9.78. The van der Waals surface area contributed by atoms with Crippen LogP contribution in [0.1, 0.15) is 20.3 Å². The summed E-state index contributed by atoms with van der Waals surface area (Å²) in [6.45, 7) is 3.94. The zero-order chi connectivity index (χ0) is 22.6. The van der Waals surface area contributed by atoms with Crippen LogP contribution in [-0.2, 0) is 0 Å². The molecular weight excluding hydrogens is 433 g/mol. The molecule has 0 spiro atoms. The predicted octanol–water partition coefficient (Wildman–Crippen LogP) is 6.36. The number of alkyl halides is 3. The zero-order valence-corrected chi connectivity index (χ0v) is 17.4. The van der Waals surface area contributed by atoms with Crippen LogP contribution in [0.5, 0.6) is 11.5 Å². The summed E-state index contributed by atoms with van der Waals surface area (Å²) in [7, 11) is 0. The van der Waals surface area contributed by atoms with Crippen molar-refractivity contribution in [3.8, 4) is 22.8 Å². The van der Waals surface area contributed by atoms with Crippen LogP contribution in [0.4, 0.5) is 30.6 Å². The third kappa shape index (κ3) is 6.39. The first-order chi connectivity index (χ1) is 14.6. The number of halogens is 4. The van der Waals surface area contributed by atoms with Gasteiger partial charge in [0.2, 0.25) is 5.95 Å². The van der Waals surface area contributed by atoms with Gasteiger partial charge in [-0.2, -0.15) is 4.98 Å². The SMILES string of the molecule is CC[C@@H](C)Nc1nc(Nc2cc(Cl)ccc2O)cc(-c2cccc(OC(F)(F)F)c2)n1. The normalized spacial score (nSPS) is 12.3. The van der Waals surface area contributed by atoms with E-state index in [0.29, 0.717) is 27.8 Å². The summed E-state index contributed by atoms with van der Waals surface area (Å²) >= 11 is 6.00. The molecule has 0 amide bonds. The number of anilines is 3. The van der Waals surface area contributed by atoms with Gasteiger partial charge in [0, 0.05) is 22.7 Å². The molecule has 0 saturated heterocycles. The Morgan fingerprint density at radius 3 is 2.61 bits per heavy atom. The minimum atomic E-state index is -4.80. The van der Waals surface area contributed by atoms with Gasteiger partial charge >= 0.3 is 6.36 Å². The van der Waals surface area contributed by atoms with E-state index in [-0.39, 0.29) is 23.5 Å². The van der Waals surface area contributed by atoms with Gasteiger partial charge in [-0.1, -0.05) is 30.7 Å².